The number of rotatable bonds is 5. The number of fused-ring (bicyclic) bond motifs is 1. The Morgan fingerprint density at radius 2 is 2.00 bits per heavy atom. The summed E-state index contributed by atoms with van der Waals surface area (Å²) in [5, 5.41) is 2.77. The number of carbonyl (C=O) groups excluding carboxylic acids is 3. The van der Waals surface area contributed by atoms with Crippen LogP contribution in [-0.2, 0) is 16.0 Å². The van der Waals surface area contributed by atoms with E-state index >= 15 is 0 Å². The average molecular weight is 288 g/mol. The Morgan fingerprint density at radius 1 is 1.29 bits per heavy atom. The molecule has 0 saturated carbocycles. The first kappa shape index (κ1) is 15.2. The van der Waals surface area contributed by atoms with E-state index in [4.69, 9.17) is 0 Å². The summed E-state index contributed by atoms with van der Waals surface area (Å²) >= 11 is 0. The molecule has 1 aromatic carbocycles. The molecular formula is C16H20N2O3. The lowest BCUT2D eigenvalue weighted by Crippen LogP contribution is -2.36. The second-order valence-electron chi connectivity index (χ2n) is 5.46. The van der Waals surface area contributed by atoms with E-state index in [0.717, 1.165) is 12.0 Å². The Morgan fingerprint density at radius 3 is 2.62 bits per heavy atom. The van der Waals surface area contributed by atoms with E-state index in [1.54, 1.807) is 12.1 Å². The Bertz CT molecular complexity index is 593. The normalized spacial score (nSPS) is 13.8. The van der Waals surface area contributed by atoms with Gasteiger partial charge in [-0.3, -0.25) is 14.4 Å². The van der Waals surface area contributed by atoms with Gasteiger partial charge in [-0.05, 0) is 38.0 Å². The first-order valence-corrected chi connectivity index (χ1v) is 7.22. The maximum Gasteiger partial charge on any atom is 0.299 e. The summed E-state index contributed by atoms with van der Waals surface area (Å²) < 4.78 is 0. The highest BCUT2D eigenvalue weighted by Gasteiger charge is 2.35. The number of ketones is 1. The summed E-state index contributed by atoms with van der Waals surface area (Å²) in [4.78, 5) is 37.1. The van der Waals surface area contributed by atoms with Gasteiger partial charge in [-0.2, -0.15) is 0 Å². The largest absolute Gasteiger partial charge is 0.354 e. The van der Waals surface area contributed by atoms with Crippen molar-refractivity contribution in [1.29, 1.82) is 0 Å². The number of benzene rings is 1. The molecule has 2 rings (SSSR count). The number of hydrogen-bond acceptors (Lipinski definition) is 3. The number of nitrogens with zero attached hydrogens (tertiary/aromatic N) is 1. The maximum absolute atomic E-state index is 12.0. The molecule has 1 N–H and O–H groups in total. The van der Waals surface area contributed by atoms with Gasteiger partial charge in [0.1, 0.15) is 0 Å². The van der Waals surface area contributed by atoms with Crippen LogP contribution in [0.4, 0.5) is 5.69 Å². The lowest BCUT2D eigenvalue weighted by Gasteiger charge is -2.17. The number of Topliss-reactive ketones (excluding diaryl/α,β-unsaturated/α-hetero) is 1. The molecule has 0 aliphatic carbocycles. The highest BCUT2D eigenvalue weighted by atomic mass is 16.2. The number of nitrogens with one attached hydrogen (secondary N) is 1. The van der Waals surface area contributed by atoms with Crippen LogP contribution in [0.3, 0.4) is 0 Å². The van der Waals surface area contributed by atoms with E-state index < -0.39 is 11.7 Å². The van der Waals surface area contributed by atoms with Crippen molar-refractivity contribution < 1.29 is 14.4 Å². The highest BCUT2D eigenvalue weighted by Crippen LogP contribution is 2.30. The van der Waals surface area contributed by atoms with Gasteiger partial charge in [0, 0.05) is 19.0 Å². The Kier molecular flexibility index (Phi) is 4.40. The van der Waals surface area contributed by atoms with Crippen LogP contribution < -0.4 is 10.2 Å². The SMILES string of the molecule is CCc1ccc2c(c1)C(=O)C(=O)N2CCC(=O)NC(C)C. The summed E-state index contributed by atoms with van der Waals surface area (Å²) in [6, 6.07) is 5.53. The molecule has 1 aromatic rings. The third kappa shape index (κ3) is 3.12. The predicted molar refractivity (Wildman–Crippen MR) is 80.4 cm³/mol. The van der Waals surface area contributed by atoms with Gasteiger partial charge in [0.25, 0.3) is 11.7 Å². The second-order valence-corrected chi connectivity index (χ2v) is 5.46. The summed E-state index contributed by atoms with van der Waals surface area (Å²) in [6.07, 6.45) is 0.998. The molecule has 0 spiro atoms. The minimum Gasteiger partial charge on any atom is -0.354 e. The second kappa shape index (κ2) is 6.08. The van der Waals surface area contributed by atoms with Crippen LogP contribution in [0.1, 0.15) is 43.1 Å². The Balaban J connectivity index is 2.14. The van der Waals surface area contributed by atoms with Gasteiger partial charge >= 0.3 is 0 Å². The summed E-state index contributed by atoms with van der Waals surface area (Å²) in [5.74, 6) is -1.15. The summed E-state index contributed by atoms with van der Waals surface area (Å²) in [7, 11) is 0. The molecule has 1 heterocycles. The molecule has 0 unspecified atom stereocenters. The standard InChI is InChI=1S/C16H20N2O3/c1-4-11-5-6-13-12(9-11)15(20)16(21)18(13)8-7-14(19)17-10(2)3/h5-6,9-10H,4,7-8H2,1-3H3,(H,17,19). The molecule has 0 saturated heterocycles. The average Bonchev–Trinajstić information content (AvgIpc) is 2.68. The van der Waals surface area contributed by atoms with Gasteiger partial charge in [-0.15, -0.1) is 0 Å². The smallest absolute Gasteiger partial charge is 0.299 e. The third-order valence-corrected chi connectivity index (χ3v) is 3.46. The first-order valence-electron chi connectivity index (χ1n) is 7.22. The number of aryl methyl sites for hydroxylation is 1. The number of anilines is 1. The van der Waals surface area contributed by atoms with Crippen LogP contribution in [0.2, 0.25) is 0 Å². The van der Waals surface area contributed by atoms with E-state index in [9.17, 15) is 14.4 Å². The monoisotopic (exact) mass is 288 g/mol. The van der Waals surface area contributed by atoms with Crippen LogP contribution in [0.25, 0.3) is 0 Å². The van der Waals surface area contributed by atoms with Gasteiger partial charge in [0.05, 0.1) is 11.3 Å². The van der Waals surface area contributed by atoms with Crippen molar-refractivity contribution in [3.05, 3.63) is 29.3 Å². The van der Waals surface area contributed by atoms with E-state index in [0.29, 0.717) is 11.3 Å². The fraction of sp³-hybridized carbons (Fsp3) is 0.438. The lowest BCUT2D eigenvalue weighted by atomic mass is 10.1. The number of amides is 2. The number of carbonyl (C=O) groups is 3. The lowest BCUT2D eigenvalue weighted by molar-refractivity contribution is -0.121. The van der Waals surface area contributed by atoms with Gasteiger partial charge in [0.2, 0.25) is 5.91 Å². The van der Waals surface area contributed by atoms with Gasteiger partial charge in [-0.25, -0.2) is 0 Å². The molecule has 0 fully saturated rings. The molecule has 0 radical (unpaired) electrons. The molecule has 1 aliphatic heterocycles. The first-order chi connectivity index (χ1) is 9.93. The molecule has 2 amide bonds. The molecule has 1 aliphatic rings. The topological polar surface area (TPSA) is 66.5 Å². The van der Waals surface area contributed by atoms with Crippen LogP contribution >= 0.6 is 0 Å². The van der Waals surface area contributed by atoms with Crippen LogP contribution in [-0.4, -0.2) is 30.2 Å². The van der Waals surface area contributed by atoms with Gasteiger partial charge < -0.3 is 10.2 Å². The molecule has 0 aromatic heterocycles. The van der Waals surface area contributed by atoms with Crippen molar-refractivity contribution in [2.24, 2.45) is 0 Å². The van der Waals surface area contributed by atoms with Crippen LogP contribution in [0, 0.1) is 0 Å². The van der Waals surface area contributed by atoms with Crippen LogP contribution in [0.15, 0.2) is 18.2 Å². The summed E-state index contributed by atoms with van der Waals surface area (Å²) in [5.41, 5.74) is 2.08. The molecule has 5 nitrogen and oxygen atoms in total. The summed E-state index contributed by atoms with van der Waals surface area (Å²) in [6.45, 7) is 5.98. The molecule has 112 valence electrons. The van der Waals surface area contributed by atoms with Crippen molar-refractivity contribution in [3.63, 3.8) is 0 Å². The maximum atomic E-state index is 12.0. The molecule has 21 heavy (non-hydrogen) atoms. The van der Waals surface area contributed by atoms with Gasteiger partial charge in [0.15, 0.2) is 0 Å². The van der Waals surface area contributed by atoms with Gasteiger partial charge in [-0.1, -0.05) is 13.0 Å². The zero-order chi connectivity index (χ0) is 15.6. The van der Waals surface area contributed by atoms with Crippen LogP contribution in [0.5, 0.6) is 0 Å². The Hall–Kier alpha value is -2.17. The van der Waals surface area contributed by atoms with E-state index in [1.807, 2.05) is 26.8 Å². The van der Waals surface area contributed by atoms with Crippen molar-refractivity contribution in [2.45, 2.75) is 39.7 Å². The molecule has 5 heteroatoms. The third-order valence-electron chi connectivity index (χ3n) is 3.46. The zero-order valence-electron chi connectivity index (χ0n) is 12.6. The quantitative estimate of drug-likeness (QED) is 0.838. The van der Waals surface area contributed by atoms with Crippen molar-refractivity contribution in [3.8, 4) is 0 Å². The zero-order valence-corrected chi connectivity index (χ0v) is 12.6. The van der Waals surface area contributed by atoms with Crippen molar-refractivity contribution in [1.82, 2.24) is 5.32 Å². The fourth-order valence-corrected chi connectivity index (χ4v) is 2.40. The molecular weight excluding hydrogens is 268 g/mol. The number of hydrogen-bond donors (Lipinski definition) is 1. The van der Waals surface area contributed by atoms with Crippen molar-refractivity contribution in [2.75, 3.05) is 11.4 Å². The van der Waals surface area contributed by atoms with Crippen molar-refractivity contribution >= 4 is 23.3 Å². The minimum atomic E-state index is -0.546. The highest BCUT2D eigenvalue weighted by molar-refractivity contribution is 6.52. The fourth-order valence-electron chi connectivity index (χ4n) is 2.40. The van der Waals surface area contributed by atoms with E-state index in [2.05, 4.69) is 5.32 Å². The Labute approximate surface area is 124 Å². The molecule has 0 bridgehead atoms. The van der Waals surface area contributed by atoms with E-state index in [-0.39, 0.29) is 24.9 Å². The van der Waals surface area contributed by atoms with E-state index in [1.165, 1.54) is 4.90 Å². The minimum absolute atomic E-state index is 0.0628. The predicted octanol–water partition coefficient (Wildman–Crippen LogP) is 1.69. The molecule has 0 atom stereocenters.